The number of sulfonamides is 1. The van der Waals surface area contributed by atoms with E-state index in [-0.39, 0.29) is 10.6 Å². The molecule has 0 bridgehead atoms. The van der Waals surface area contributed by atoms with Gasteiger partial charge in [-0.1, -0.05) is 18.2 Å². The van der Waals surface area contributed by atoms with Crippen molar-refractivity contribution < 1.29 is 26.3 Å². The van der Waals surface area contributed by atoms with Crippen LogP contribution in [0.15, 0.2) is 71.9 Å². The van der Waals surface area contributed by atoms with Gasteiger partial charge in [-0.2, -0.15) is 5.10 Å². The van der Waals surface area contributed by atoms with Gasteiger partial charge in [-0.25, -0.2) is 13.1 Å². The number of halogens is 3. The summed E-state index contributed by atoms with van der Waals surface area (Å²) in [7, 11) is -3.94. The zero-order valence-electron chi connectivity index (χ0n) is 13.0. The van der Waals surface area contributed by atoms with Gasteiger partial charge in [-0.15, -0.1) is 13.2 Å². The van der Waals surface area contributed by atoms with Gasteiger partial charge in [0.2, 0.25) is 0 Å². The van der Waals surface area contributed by atoms with Crippen LogP contribution in [0.3, 0.4) is 0 Å². The minimum Gasteiger partial charge on any atom is -0.406 e. The lowest BCUT2D eigenvalue weighted by atomic mass is 10.3. The van der Waals surface area contributed by atoms with Crippen LogP contribution < -0.4 is 9.46 Å². The Bertz CT molecular complexity index is 985. The summed E-state index contributed by atoms with van der Waals surface area (Å²) in [4.78, 5) is -0.0861. The number of ether oxygens (including phenoxy) is 1. The van der Waals surface area contributed by atoms with Crippen LogP contribution in [-0.2, 0) is 10.0 Å². The highest BCUT2D eigenvalue weighted by Crippen LogP contribution is 2.25. The maximum Gasteiger partial charge on any atom is 0.573 e. The Morgan fingerprint density at radius 3 is 2.27 bits per heavy atom. The van der Waals surface area contributed by atoms with Gasteiger partial charge in [-0.05, 0) is 36.4 Å². The molecule has 10 heteroatoms. The fourth-order valence-corrected chi connectivity index (χ4v) is 3.09. The Morgan fingerprint density at radius 2 is 1.65 bits per heavy atom. The third-order valence-corrected chi connectivity index (χ3v) is 4.57. The van der Waals surface area contributed by atoms with Crippen molar-refractivity contribution in [2.24, 2.45) is 0 Å². The summed E-state index contributed by atoms with van der Waals surface area (Å²) < 4.78 is 68.6. The summed E-state index contributed by atoms with van der Waals surface area (Å²) in [6, 6.07) is 13.3. The molecule has 6 nitrogen and oxygen atoms in total. The number of hydrogen-bond acceptors (Lipinski definition) is 4. The lowest BCUT2D eigenvalue weighted by Crippen LogP contribution is -2.17. The maximum atomic E-state index is 12.4. The number of aromatic nitrogens is 2. The molecule has 0 spiro atoms. The Hall–Kier alpha value is -3.01. The first-order valence-corrected chi connectivity index (χ1v) is 8.70. The molecule has 1 heterocycles. The summed E-state index contributed by atoms with van der Waals surface area (Å²) in [5.41, 5.74) is 0.773. The van der Waals surface area contributed by atoms with Crippen molar-refractivity contribution in [1.29, 1.82) is 0 Å². The van der Waals surface area contributed by atoms with Gasteiger partial charge in [0.25, 0.3) is 10.0 Å². The van der Waals surface area contributed by atoms with Crippen molar-refractivity contribution in [1.82, 2.24) is 9.78 Å². The number of nitrogens with one attached hydrogen (secondary N) is 1. The topological polar surface area (TPSA) is 73.2 Å². The van der Waals surface area contributed by atoms with E-state index in [0.717, 1.165) is 12.1 Å². The van der Waals surface area contributed by atoms with Crippen LogP contribution in [0.2, 0.25) is 0 Å². The molecule has 136 valence electrons. The third kappa shape index (κ3) is 4.33. The average molecular weight is 383 g/mol. The van der Waals surface area contributed by atoms with E-state index in [0.29, 0.717) is 5.69 Å². The SMILES string of the molecule is O=S(=O)(Nc1ccc(OC(F)(F)F)cc1)c1cnn(-c2ccccc2)c1. The molecule has 0 aliphatic rings. The summed E-state index contributed by atoms with van der Waals surface area (Å²) in [5.74, 6) is -0.447. The molecule has 2 aromatic carbocycles. The fourth-order valence-electron chi connectivity index (χ4n) is 2.11. The molecule has 0 atom stereocenters. The standard InChI is InChI=1S/C16H12F3N3O3S/c17-16(18,19)25-14-8-6-12(7-9-14)21-26(23,24)15-10-20-22(11-15)13-4-2-1-3-5-13/h1-11,21H. The second kappa shape index (κ2) is 6.71. The van der Waals surface area contributed by atoms with Gasteiger partial charge < -0.3 is 4.74 Å². The molecule has 0 aliphatic carbocycles. The second-order valence-electron chi connectivity index (χ2n) is 5.13. The summed E-state index contributed by atoms with van der Waals surface area (Å²) in [6.07, 6.45) is -2.30. The smallest absolute Gasteiger partial charge is 0.406 e. The van der Waals surface area contributed by atoms with Gasteiger partial charge in [-0.3, -0.25) is 4.72 Å². The molecular weight excluding hydrogens is 371 g/mol. The van der Waals surface area contributed by atoms with Crippen LogP contribution in [0.4, 0.5) is 18.9 Å². The van der Waals surface area contributed by atoms with Crippen molar-refractivity contribution >= 4 is 15.7 Å². The fraction of sp³-hybridized carbons (Fsp3) is 0.0625. The number of benzene rings is 2. The number of anilines is 1. The van der Waals surface area contributed by atoms with Crippen LogP contribution in [0.1, 0.15) is 0 Å². The molecule has 0 amide bonds. The highest BCUT2D eigenvalue weighted by Gasteiger charge is 2.31. The Kier molecular flexibility index (Phi) is 4.60. The van der Waals surface area contributed by atoms with Gasteiger partial charge in [0.1, 0.15) is 10.6 Å². The average Bonchev–Trinajstić information content (AvgIpc) is 3.07. The molecule has 3 aromatic rings. The number of para-hydroxylation sites is 1. The van der Waals surface area contributed by atoms with Gasteiger partial charge >= 0.3 is 6.36 Å². The lowest BCUT2D eigenvalue weighted by molar-refractivity contribution is -0.274. The van der Waals surface area contributed by atoms with Crippen molar-refractivity contribution in [3.05, 3.63) is 67.0 Å². The van der Waals surface area contributed by atoms with Crippen LogP contribution >= 0.6 is 0 Å². The monoisotopic (exact) mass is 383 g/mol. The van der Waals surface area contributed by atoms with Crippen LogP contribution in [0, 0.1) is 0 Å². The first-order valence-electron chi connectivity index (χ1n) is 7.22. The van der Waals surface area contributed by atoms with E-state index in [4.69, 9.17) is 0 Å². The normalized spacial score (nSPS) is 12.0. The molecule has 0 unspecified atom stereocenters. The summed E-state index contributed by atoms with van der Waals surface area (Å²) >= 11 is 0. The van der Waals surface area contributed by atoms with E-state index in [1.54, 1.807) is 24.3 Å². The molecule has 0 saturated carbocycles. The zero-order chi connectivity index (χ0) is 18.8. The Morgan fingerprint density at radius 1 is 1.00 bits per heavy atom. The number of alkyl halides is 3. The van der Waals surface area contributed by atoms with Crippen LogP contribution in [0.5, 0.6) is 5.75 Å². The molecule has 0 aliphatic heterocycles. The van der Waals surface area contributed by atoms with E-state index in [9.17, 15) is 21.6 Å². The number of rotatable bonds is 5. The molecule has 1 aromatic heterocycles. The van der Waals surface area contributed by atoms with Crippen molar-refractivity contribution in [3.8, 4) is 11.4 Å². The predicted molar refractivity (Wildman–Crippen MR) is 87.5 cm³/mol. The van der Waals surface area contributed by atoms with Gasteiger partial charge in [0.05, 0.1) is 18.1 Å². The largest absolute Gasteiger partial charge is 0.573 e. The lowest BCUT2D eigenvalue weighted by Gasteiger charge is -2.10. The molecule has 26 heavy (non-hydrogen) atoms. The predicted octanol–water partition coefficient (Wildman–Crippen LogP) is 3.57. The van der Waals surface area contributed by atoms with E-state index in [2.05, 4.69) is 14.6 Å². The minimum absolute atomic E-state index is 0.0861. The minimum atomic E-state index is -4.81. The zero-order valence-corrected chi connectivity index (χ0v) is 13.8. The van der Waals surface area contributed by atoms with Gasteiger partial charge in [0.15, 0.2) is 0 Å². The maximum absolute atomic E-state index is 12.4. The first-order chi connectivity index (χ1) is 12.2. The van der Waals surface area contributed by atoms with Crippen LogP contribution in [0.25, 0.3) is 5.69 Å². The first kappa shape index (κ1) is 17.8. The van der Waals surface area contributed by atoms with E-state index < -0.39 is 22.1 Å². The second-order valence-corrected chi connectivity index (χ2v) is 6.82. The quantitative estimate of drug-likeness (QED) is 0.731. The molecule has 1 N–H and O–H groups in total. The highest BCUT2D eigenvalue weighted by molar-refractivity contribution is 7.92. The molecule has 3 rings (SSSR count). The Balaban J connectivity index is 1.76. The summed E-state index contributed by atoms with van der Waals surface area (Å²) in [5, 5.41) is 4.00. The molecule has 0 radical (unpaired) electrons. The number of nitrogens with zero attached hydrogens (tertiary/aromatic N) is 2. The van der Waals surface area contributed by atoms with Crippen molar-refractivity contribution in [2.75, 3.05) is 4.72 Å². The molecule has 0 saturated heterocycles. The third-order valence-electron chi connectivity index (χ3n) is 3.23. The molecular formula is C16H12F3N3O3S. The van der Waals surface area contributed by atoms with E-state index in [1.165, 1.54) is 29.2 Å². The summed E-state index contributed by atoms with van der Waals surface area (Å²) in [6.45, 7) is 0. The van der Waals surface area contributed by atoms with Crippen molar-refractivity contribution in [2.45, 2.75) is 11.3 Å². The number of hydrogen-bond donors (Lipinski definition) is 1. The Labute approximate surface area is 146 Å². The molecule has 0 fully saturated rings. The van der Waals surface area contributed by atoms with E-state index in [1.807, 2.05) is 6.07 Å². The van der Waals surface area contributed by atoms with Crippen LogP contribution in [-0.4, -0.2) is 24.6 Å². The van der Waals surface area contributed by atoms with Gasteiger partial charge in [0, 0.05) is 5.69 Å². The van der Waals surface area contributed by atoms with Crippen molar-refractivity contribution in [3.63, 3.8) is 0 Å². The highest BCUT2D eigenvalue weighted by atomic mass is 32.2. The van der Waals surface area contributed by atoms with E-state index >= 15 is 0 Å².